The quantitative estimate of drug-likeness (QED) is 0.497. The minimum Gasteiger partial charge on any atom is -0.353 e. The molecule has 0 fully saturated rings. The van der Waals surface area contributed by atoms with Gasteiger partial charge in [-0.05, 0) is 50.6 Å². The van der Waals surface area contributed by atoms with Gasteiger partial charge < -0.3 is 5.32 Å². The van der Waals surface area contributed by atoms with Crippen molar-refractivity contribution in [2.75, 3.05) is 22.9 Å². The van der Waals surface area contributed by atoms with Crippen LogP contribution in [0.5, 0.6) is 0 Å². The molecule has 8 heteroatoms. The molecular weight excluding hydrogens is 416 g/mol. The molecule has 0 aliphatic heterocycles. The average molecular weight is 441 g/mol. The molecule has 0 saturated heterocycles. The second-order valence-corrected chi connectivity index (χ2v) is 10.1. The summed E-state index contributed by atoms with van der Waals surface area (Å²) in [6.45, 7) is 5.83. The van der Waals surface area contributed by atoms with Gasteiger partial charge in [-0.1, -0.05) is 35.4 Å². The number of halogens is 1. The Morgan fingerprint density at radius 2 is 1.82 bits per heavy atom. The van der Waals surface area contributed by atoms with E-state index < -0.39 is 16.1 Å². The molecule has 0 bridgehead atoms. The lowest BCUT2D eigenvalue weighted by Crippen LogP contribution is -2.48. The zero-order valence-corrected chi connectivity index (χ0v) is 18.8. The molecule has 2 aromatic rings. The van der Waals surface area contributed by atoms with Crippen molar-refractivity contribution < 1.29 is 13.2 Å². The Kier molecular flexibility index (Phi) is 7.80. The minimum atomic E-state index is -3.67. The van der Waals surface area contributed by atoms with Crippen molar-refractivity contribution in [3.8, 4) is 0 Å². The van der Waals surface area contributed by atoms with E-state index in [0.717, 1.165) is 21.0 Å². The number of rotatable bonds is 8. The number of sulfonamides is 1. The number of carbonyl (C=O) groups excluding carboxylic acids is 1. The number of thioether (sulfide) groups is 1. The molecule has 2 rings (SSSR count). The average Bonchev–Trinajstić information content (AvgIpc) is 2.62. The third kappa shape index (κ3) is 6.15. The zero-order valence-electron chi connectivity index (χ0n) is 16.4. The SMILES string of the molecule is Cc1ccc(SCCNC(=O)[C@@H](C)N(c2cc(Cl)ccc2C)S(C)(=O)=O)cc1. The van der Waals surface area contributed by atoms with Crippen molar-refractivity contribution in [1.29, 1.82) is 0 Å². The fourth-order valence-electron chi connectivity index (χ4n) is 2.73. The van der Waals surface area contributed by atoms with Crippen LogP contribution in [0.1, 0.15) is 18.1 Å². The number of nitrogens with one attached hydrogen (secondary N) is 1. The monoisotopic (exact) mass is 440 g/mol. The molecule has 5 nitrogen and oxygen atoms in total. The van der Waals surface area contributed by atoms with Gasteiger partial charge in [0, 0.05) is 22.2 Å². The summed E-state index contributed by atoms with van der Waals surface area (Å²) in [4.78, 5) is 13.7. The summed E-state index contributed by atoms with van der Waals surface area (Å²) >= 11 is 7.67. The Hall–Kier alpha value is -1.70. The lowest BCUT2D eigenvalue weighted by molar-refractivity contribution is -0.121. The molecule has 0 spiro atoms. The highest BCUT2D eigenvalue weighted by molar-refractivity contribution is 7.99. The number of anilines is 1. The van der Waals surface area contributed by atoms with Gasteiger partial charge in [0.25, 0.3) is 0 Å². The first-order chi connectivity index (χ1) is 13.1. The Morgan fingerprint density at radius 3 is 2.43 bits per heavy atom. The number of hydrogen-bond donors (Lipinski definition) is 1. The lowest BCUT2D eigenvalue weighted by atomic mass is 10.2. The fraction of sp³-hybridized carbons (Fsp3) is 0.350. The van der Waals surface area contributed by atoms with Gasteiger partial charge in [0.15, 0.2) is 0 Å². The molecule has 0 aliphatic rings. The lowest BCUT2D eigenvalue weighted by Gasteiger charge is -2.29. The normalized spacial score (nSPS) is 12.5. The number of amides is 1. The van der Waals surface area contributed by atoms with Gasteiger partial charge in [-0.15, -0.1) is 11.8 Å². The van der Waals surface area contributed by atoms with Crippen LogP contribution in [0, 0.1) is 13.8 Å². The molecule has 2 aromatic carbocycles. The first-order valence-corrected chi connectivity index (χ1v) is 12.0. The van der Waals surface area contributed by atoms with Gasteiger partial charge in [-0.2, -0.15) is 0 Å². The maximum absolute atomic E-state index is 12.6. The molecule has 0 unspecified atom stereocenters. The third-order valence-electron chi connectivity index (χ3n) is 4.19. The molecule has 1 atom stereocenters. The maximum atomic E-state index is 12.6. The smallest absolute Gasteiger partial charge is 0.243 e. The summed E-state index contributed by atoms with van der Waals surface area (Å²) in [6, 6.07) is 12.3. The van der Waals surface area contributed by atoms with Crippen LogP contribution in [0.2, 0.25) is 5.02 Å². The zero-order chi connectivity index (χ0) is 20.9. The molecular formula is C20H25ClN2O3S2. The van der Waals surface area contributed by atoms with Crippen molar-refractivity contribution in [1.82, 2.24) is 5.32 Å². The van der Waals surface area contributed by atoms with Crippen LogP contribution in [0.4, 0.5) is 5.69 Å². The Bertz CT molecular complexity index is 931. The molecule has 0 heterocycles. The van der Waals surface area contributed by atoms with E-state index >= 15 is 0 Å². The van der Waals surface area contributed by atoms with E-state index in [0.29, 0.717) is 23.0 Å². The van der Waals surface area contributed by atoms with Crippen molar-refractivity contribution in [3.05, 3.63) is 58.6 Å². The van der Waals surface area contributed by atoms with E-state index in [4.69, 9.17) is 11.6 Å². The number of nitrogens with zero attached hydrogens (tertiary/aromatic N) is 1. The van der Waals surface area contributed by atoms with E-state index in [1.54, 1.807) is 43.8 Å². The highest BCUT2D eigenvalue weighted by Crippen LogP contribution is 2.28. The number of carbonyl (C=O) groups is 1. The summed E-state index contributed by atoms with van der Waals surface area (Å²) in [6.07, 6.45) is 1.09. The number of benzene rings is 2. The van der Waals surface area contributed by atoms with E-state index in [2.05, 4.69) is 5.32 Å². The number of aryl methyl sites for hydroxylation is 2. The Morgan fingerprint density at radius 1 is 1.18 bits per heavy atom. The van der Waals surface area contributed by atoms with E-state index in [9.17, 15) is 13.2 Å². The van der Waals surface area contributed by atoms with E-state index in [1.807, 2.05) is 31.2 Å². The molecule has 1 amide bonds. The highest BCUT2D eigenvalue weighted by atomic mass is 35.5. The van der Waals surface area contributed by atoms with Crippen LogP contribution in [0.3, 0.4) is 0 Å². The summed E-state index contributed by atoms with van der Waals surface area (Å²) in [7, 11) is -3.67. The minimum absolute atomic E-state index is 0.352. The van der Waals surface area contributed by atoms with Crippen molar-refractivity contribution in [3.63, 3.8) is 0 Å². The van der Waals surface area contributed by atoms with Crippen LogP contribution in [-0.2, 0) is 14.8 Å². The maximum Gasteiger partial charge on any atom is 0.243 e. The van der Waals surface area contributed by atoms with Gasteiger partial charge in [0.05, 0.1) is 11.9 Å². The fourth-order valence-corrected chi connectivity index (χ4v) is 4.89. The van der Waals surface area contributed by atoms with Crippen molar-refractivity contribution in [2.45, 2.75) is 31.7 Å². The van der Waals surface area contributed by atoms with Crippen LogP contribution < -0.4 is 9.62 Å². The van der Waals surface area contributed by atoms with Crippen molar-refractivity contribution >= 4 is 45.0 Å². The topological polar surface area (TPSA) is 66.5 Å². The molecule has 1 N–H and O–H groups in total. The highest BCUT2D eigenvalue weighted by Gasteiger charge is 2.30. The first-order valence-electron chi connectivity index (χ1n) is 8.82. The van der Waals surface area contributed by atoms with E-state index in [1.165, 1.54) is 5.56 Å². The molecule has 0 aromatic heterocycles. The van der Waals surface area contributed by atoms with Gasteiger partial charge in [0.1, 0.15) is 6.04 Å². The largest absolute Gasteiger partial charge is 0.353 e. The van der Waals surface area contributed by atoms with Crippen LogP contribution in [0.15, 0.2) is 47.4 Å². The van der Waals surface area contributed by atoms with E-state index in [-0.39, 0.29) is 5.91 Å². The van der Waals surface area contributed by atoms with Crippen molar-refractivity contribution in [2.24, 2.45) is 0 Å². The second-order valence-electron chi connectivity index (χ2n) is 6.62. The first kappa shape index (κ1) is 22.6. The van der Waals surface area contributed by atoms with Gasteiger partial charge in [0.2, 0.25) is 15.9 Å². The molecule has 0 aliphatic carbocycles. The van der Waals surface area contributed by atoms with Gasteiger partial charge in [-0.3, -0.25) is 9.10 Å². The Labute approximate surface area is 176 Å². The molecule has 28 heavy (non-hydrogen) atoms. The summed E-state index contributed by atoms with van der Waals surface area (Å²) in [5.74, 6) is 0.339. The molecule has 0 saturated carbocycles. The van der Waals surface area contributed by atoms with Gasteiger partial charge in [-0.25, -0.2) is 8.42 Å². The standard InChI is InChI=1S/C20H25ClN2O3S2/c1-14-5-9-18(10-6-14)27-12-11-22-20(24)16(3)23(28(4,25)26)19-13-17(21)8-7-15(19)2/h5-10,13,16H,11-12H2,1-4H3,(H,22,24)/t16-/m1/s1. The Balaban J connectivity index is 2.03. The summed E-state index contributed by atoms with van der Waals surface area (Å²) in [5.41, 5.74) is 2.33. The molecule has 152 valence electrons. The summed E-state index contributed by atoms with van der Waals surface area (Å²) < 4.78 is 25.9. The van der Waals surface area contributed by atoms with Gasteiger partial charge >= 0.3 is 0 Å². The molecule has 0 radical (unpaired) electrons. The summed E-state index contributed by atoms with van der Waals surface area (Å²) in [5, 5.41) is 3.23. The predicted octanol–water partition coefficient (Wildman–Crippen LogP) is 4.02. The van der Waals surface area contributed by atoms with Crippen LogP contribution in [0.25, 0.3) is 0 Å². The second kappa shape index (κ2) is 9.67. The number of hydrogen-bond acceptors (Lipinski definition) is 4. The van der Waals surface area contributed by atoms with Crippen LogP contribution in [-0.4, -0.2) is 38.9 Å². The predicted molar refractivity (Wildman–Crippen MR) is 118 cm³/mol. The third-order valence-corrected chi connectivity index (χ3v) is 6.66. The van der Waals surface area contributed by atoms with Crippen LogP contribution >= 0.6 is 23.4 Å².